The fourth-order valence-corrected chi connectivity index (χ4v) is 3.06. The molecule has 0 saturated carbocycles. The van der Waals surface area contributed by atoms with Crippen molar-refractivity contribution in [3.63, 3.8) is 0 Å². The second-order valence-electron chi connectivity index (χ2n) is 5.35. The fraction of sp³-hybridized carbons (Fsp3) is 0.333. The molecule has 21 heavy (non-hydrogen) atoms. The lowest BCUT2D eigenvalue weighted by atomic mass is 9.98. The van der Waals surface area contributed by atoms with E-state index in [0.29, 0.717) is 6.04 Å². The zero-order valence-electron chi connectivity index (χ0n) is 12.5. The number of rotatable bonds is 6. The van der Waals surface area contributed by atoms with Gasteiger partial charge in [0.25, 0.3) is 0 Å². The molecule has 1 nitrogen and oxygen atoms in total. The molecule has 0 aliphatic heterocycles. The lowest BCUT2D eigenvalue weighted by Gasteiger charge is -2.20. The van der Waals surface area contributed by atoms with Gasteiger partial charge in [-0.3, -0.25) is 0 Å². The zero-order chi connectivity index (χ0) is 15.2. The maximum atomic E-state index is 3.67. The van der Waals surface area contributed by atoms with Crippen LogP contribution < -0.4 is 5.32 Å². The van der Waals surface area contributed by atoms with Crippen LogP contribution in [0.15, 0.2) is 46.9 Å². The predicted molar refractivity (Wildman–Crippen MR) is 103 cm³/mol. The molecule has 2 rings (SSSR count). The van der Waals surface area contributed by atoms with E-state index in [-0.39, 0.29) is 0 Å². The van der Waals surface area contributed by atoms with Crippen LogP contribution in [0.4, 0.5) is 0 Å². The van der Waals surface area contributed by atoms with Gasteiger partial charge in [0.15, 0.2) is 0 Å². The van der Waals surface area contributed by atoms with Gasteiger partial charge in [-0.25, -0.2) is 0 Å². The van der Waals surface area contributed by atoms with Gasteiger partial charge in [-0.05, 0) is 83.8 Å². The summed E-state index contributed by atoms with van der Waals surface area (Å²) in [7, 11) is 0. The Balaban J connectivity index is 2.20. The molecule has 0 aliphatic rings. The van der Waals surface area contributed by atoms with Crippen molar-refractivity contribution in [2.75, 3.05) is 6.54 Å². The summed E-state index contributed by atoms with van der Waals surface area (Å²) in [5.74, 6) is 0. The third-order valence-electron chi connectivity index (χ3n) is 3.59. The molecule has 2 aromatic carbocycles. The zero-order valence-corrected chi connectivity index (χ0v) is 16.2. The minimum atomic E-state index is 0.363. The SMILES string of the molecule is CCCNC(Cc1ccc(I)cc1)c1ccc(C)c(Br)c1. The van der Waals surface area contributed by atoms with Gasteiger partial charge in [0, 0.05) is 14.1 Å². The Morgan fingerprint density at radius 2 is 1.86 bits per heavy atom. The third kappa shape index (κ3) is 5.08. The van der Waals surface area contributed by atoms with Crippen molar-refractivity contribution in [2.45, 2.75) is 32.7 Å². The van der Waals surface area contributed by atoms with Crippen molar-refractivity contribution in [1.29, 1.82) is 0 Å². The van der Waals surface area contributed by atoms with Crippen LogP contribution in [-0.2, 0) is 6.42 Å². The van der Waals surface area contributed by atoms with Crippen molar-refractivity contribution in [3.05, 3.63) is 67.2 Å². The second kappa shape index (κ2) is 8.30. The highest BCUT2D eigenvalue weighted by molar-refractivity contribution is 14.1. The molecule has 1 atom stereocenters. The van der Waals surface area contributed by atoms with E-state index in [2.05, 4.69) is 100 Å². The summed E-state index contributed by atoms with van der Waals surface area (Å²) < 4.78 is 2.47. The number of nitrogens with one attached hydrogen (secondary N) is 1. The van der Waals surface area contributed by atoms with E-state index in [0.717, 1.165) is 19.4 Å². The third-order valence-corrected chi connectivity index (χ3v) is 5.17. The molecule has 3 heteroatoms. The van der Waals surface area contributed by atoms with E-state index in [9.17, 15) is 0 Å². The summed E-state index contributed by atoms with van der Waals surface area (Å²) in [5.41, 5.74) is 4.00. The minimum absolute atomic E-state index is 0.363. The highest BCUT2D eigenvalue weighted by Gasteiger charge is 2.12. The van der Waals surface area contributed by atoms with Crippen LogP contribution in [0.1, 0.15) is 36.1 Å². The van der Waals surface area contributed by atoms with Gasteiger partial charge < -0.3 is 5.32 Å². The molecule has 0 aromatic heterocycles. The Morgan fingerprint density at radius 1 is 1.14 bits per heavy atom. The molecule has 1 N–H and O–H groups in total. The molecule has 0 amide bonds. The first-order chi connectivity index (χ1) is 10.1. The van der Waals surface area contributed by atoms with Gasteiger partial charge in [0.2, 0.25) is 0 Å². The number of halogens is 2. The first-order valence-electron chi connectivity index (χ1n) is 7.34. The lowest BCUT2D eigenvalue weighted by molar-refractivity contribution is 0.529. The number of hydrogen-bond acceptors (Lipinski definition) is 1. The maximum absolute atomic E-state index is 3.67. The van der Waals surface area contributed by atoms with E-state index < -0.39 is 0 Å². The molecule has 112 valence electrons. The smallest absolute Gasteiger partial charge is 0.0361 e. The van der Waals surface area contributed by atoms with E-state index in [1.54, 1.807) is 0 Å². The molecule has 2 aromatic rings. The molecule has 0 bridgehead atoms. The van der Waals surface area contributed by atoms with Crippen molar-refractivity contribution in [1.82, 2.24) is 5.32 Å². The largest absolute Gasteiger partial charge is 0.310 e. The summed E-state index contributed by atoms with van der Waals surface area (Å²) >= 11 is 6.00. The predicted octanol–water partition coefficient (Wildman–Crippen LogP) is 5.65. The highest BCUT2D eigenvalue weighted by atomic mass is 127. The number of aryl methyl sites for hydroxylation is 1. The summed E-state index contributed by atoms with van der Waals surface area (Å²) in [5, 5.41) is 3.67. The summed E-state index contributed by atoms with van der Waals surface area (Å²) in [6, 6.07) is 15.8. The lowest BCUT2D eigenvalue weighted by Crippen LogP contribution is -2.24. The van der Waals surface area contributed by atoms with Crippen LogP contribution in [-0.4, -0.2) is 6.54 Å². The standard InChI is InChI=1S/C18H21BrIN/c1-3-10-21-18(11-14-5-8-16(20)9-6-14)15-7-4-13(2)17(19)12-15/h4-9,12,18,21H,3,10-11H2,1-2H3. The average Bonchev–Trinajstić information content (AvgIpc) is 2.48. The van der Waals surface area contributed by atoms with Crippen molar-refractivity contribution in [2.24, 2.45) is 0 Å². The Bertz CT molecular complexity index is 580. The van der Waals surface area contributed by atoms with Crippen LogP contribution in [0, 0.1) is 10.5 Å². The van der Waals surface area contributed by atoms with Gasteiger partial charge in [-0.2, -0.15) is 0 Å². The van der Waals surface area contributed by atoms with Gasteiger partial charge in [-0.15, -0.1) is 0 Å². The first kappa shape index (κ1) is 17.0. The van der Waals surface area contributed by atoms with Crippen molar-refractivity contribution < 1.29 is 0 Å². The van der Waals surface area contributed by atoms with Gasteiger partial charge >= 0.3 is 0 Å². The van der Waals surface area contributed by atoms with E-state index in [1.165, 1.54) is 24.7 Å². The topological polar surface area (TPSA) is 12.0 Å². The Labute approximate surface area is 149 Å². The molecule has 0 fully saturated rings. The normalized spacial score (nSPS) is 12.4. The minimum Gasteiger partial charge on any atom is -0.310 e. The Kier molecular flexibility index (Phi) is 6.71. The molecule has 0 spiro atoms. The summed E-state index contributed by atoms with van der Waals surface area (Å²) in [6.45, 7) is 5.38. The molecule has 0 heterocycles. The first-order valence-corrected chi connectivity index (χ1v) is 9.21. The summed E-state index contributed by atoms with van der Waals surface area (Å²) in [6.07, 6.45) is 2.17. The Hall–Kier alpha value is -0.390. The second-order valence-corrected chi connectivity index (χ2v) is 7.45. The van der Waals surface area contributed by atoms with E-state index >= 15 is 0 Å². The number of hydrogen-bond donors (Lipinski definition) is 1. The molecule has 0 aliphatic carbocycles. The molecule has 0 saturated heterocycles. The van der Waals surface area contributed by atoms with Gasteiger partial charge in [0.05, 0.1) is 0 Å². The summed E-state index contributed by atoms with van der Waals surface area (Å²) in [4.78, 5) is 0. The molecular weight excluding hydrogens is 437 g/mol. The van der Waals surface area contributed by atoms with Crippen LogP contribution in [0.5, 0.6) is 0 Å². The molecule has 1 unspecified atom stereocenters. The fourth-order valence-electron chi connectivity index (χ4n) is 2.31. The quantitative estimate of drug-likeness (QED) is 0.553. The van der Waals surface area contributed by atoms with E-state index in [1.807, 2.05) is 0 Å². The van der Waals surface area contributed by atoms with Crippen LogP contribution >= 0.6 is 38.5 Å². The van der Waals surface area contributed by atoms with Crippen molar-refractivity contribution >= 4 is 38.5 Å². The molecular formula is C18H21BrIN. The highest BCUT2D eigenvalue weighted by Crippen LogP contribution is 2.24. The number of benzene rings is 2. The van der Waals surface area contributed by atoms with Crippen LogP contribution in [0.3, 0.4) is 0 Å². The van der Waals surface area contributed by atoms with Gasteiger partial charge in [-0.1, -0.05) is 47.1 Å². The van der Waals surface area contributed by atoms with Gasteiger partial charge in [0.1, 0.15) is 0 Å². The maximum Gasteiger partial charge on any atom is 0.0361 e. The van der Waals surface area contributed by atoms with Crippen LogP contribution in [0.25, 0.3) is 0 Å². The monoisotopic (exact) mass is 457 g/mol. The average molecular weight is 458 g/mol. The Morgan fingerprint density at radius 3 is 2.48 bits per heavy atom. The van der Waals surface area contributed by atoms with E-state index in [4.69, 9.17) is 0 Å². The van der Waals surface area contributed by atoms with Crippen molar-refractivity contribution in [3.8, 4) is 0 Å². The molecule has 0 radical (unpaired) electrons. The van der Waals surface area contributed by atoms with Crippen LogP contribution in [0.2, 0.25) is 0 Å².